The minimum atomic E-state index is 0.194. The van der Waals surface area contributed by atoms with Crippen molar-refractivity contribution in [2.75, 3.05) is 0 Å². The number of fused-ring (bicyclic) bond motifs is 1. The highest BCUT2D eigenvalue weighted by Crippen LogP contribution is 2.24. The van der Waals surface area contributed by atoms with Crippen molar-refractivity contribution >= 4 is 27.0 Å². The first-order chi connectivity index (χ1) is 8.75. The quantitative estimate of drug-likeness (QED) is 0.721. The van der Waals surface area contributed by atoms with E-state index in [9.17, 15) is 0 Å². The Balaban J connectivity index is 2.12. The molecule has 0 aliphatic carbocycles. The number of hydrogen-bond acceptors (Lipinski definition) is 2. The molecule has 0 radical (unpaired) electrons. The molecule has 0 aliphatic heterocycles. The van der Waals surface area contributed by atoms with E-state index in [1.165, 1.54) is 0 Å². The summed E-state index contributed by atoms with van der Waals surface area (Å²) >= 11 is 3.47. The molecule has 0 saturated heterocycles. The van der Waals surface area contributed by atoms with Crippen LogP contribution in [0.3, 0.4) is 0 Å². The third kappa shape index (κ3) is 1.93. The van der Waals surface area contributed by atoms with Crippen LogP contribution in [0.15, 0.2) is 53.4 Å². The third-order valence-corrected chi connectivity index (χ3v) is 3.50. The molecule has 0 spiro atoms. The SMILES string of the molecule is CC(c1ccccn1)n1ccc2ncc(Br)cc21. The van der Waals surface area contributed by atoms with Crippen LogP contribution in [0, 0.1) is 0 Å². The van der Waals surface area contributed by atoms with Crippen LogP contribution in [-0.4, -0.2) is 14.5 Å². The van der Waals surface area contributed by atoms with Crippen molar-refractivity contribution in [1.29, 1.82) is 0 Å². The largest absolute Gasteiger partial charge is 0.337 e. The van der Waals surface area contributed by atoms with E-state index < -0.39 is 0 Å². The van der Waals surface area contributed by atoms with Crippen molar-refractivity contribution in [1.82, 2.24) is 14.5 Å². The average molecular weight is 302 g/mol. The van der Waals surface area contributed by atoms with Gasteiger partial charge in [-0.1, -0.05) is 6.07 Å². The Morgan fingerprint density at radius 1 is 1.22 bits per heavy atom. The minimum absolute atomic E-state index is 0.194. The van der Waals surface area contributed by atoms with Gasteiger partial charge in [0.05, 0.1) is 22.8 Å². The molecule has 3 rings (SSSR count). The fourth-order valence-electron chi connectivity index (χ4n) is 2.11. The molecule has 1 atom stereocenters. The van der Waals surface area contributed by atoms with Gasteiger partial charge in [0.2, 0.25) is 0 Å². The number of rotatable bonds is 2. The zero-order valence-corrected chi connectivity index (χ0v) is 11.5. The highest BCUT2D eigenvalue weighted by Gasteiger charge is 2.11. The Hall–Kier alpha value is -1.68. The topological polar surface area (TPSA) is 30.7 Å². The molecule has 90 valence electrons. The van der Waals surface area contributed by atoms with E-state index in [4.69, 9.17) is 0 Å². The van der Waals surface area contributed by atoms with Crippen molar-refractivity contribution in [3.8, 4) is 0 Å². The Bertz CT molecular complexity index is 676. The summed E-state index contributed by atoms with van der Waals surface area (Å²) in [5, 5.41) is 0. The Morgan fingerprint density at radius 3 is 2.89 bits per heavy atom. The van der Waals surface area contributed by atoms with Crippen molar-refractivity contribution in [3.63, 3.8) is 0 Å². The zero-order chi connectivity index (χ0) is 12.5. The molecule has 0 bridgehead atoms. The lowest BCUT2D eigenvalue weighted by Gasteiger charge is -2.14. The van der Waals surface area contributed by atoms with Gasteiger partial charge in [-0.05, 0) is 47.1 Å². The Morgan fingerprint density at radius 2 is 2.11 bits per heavy atom. The van der Waals surface area contributed by atoms with Gasteiger partial charge >= 0.3 is 0 Å². The van der Waals surface area contributed by atoms with Gasteiger partial charge < -0.3 is 4.57 Å². The molecule has 3 aromatic rings. The van der Waals surface area contributed by atoms with Crippen LogP contribution in [0.25, 0.3) is 11.0 Å². The lowest BCUT2D eigenvalue weighted by Crippen LogP contribution is -2.06. The fourth-order valence-corrected chi connectivity index (χ4v) is 2.43. The maximum Gasteiger partial charge on any atom is 0.0882 e. The van der Waals surface area contributed by atoms with E-state index in [1.807, 2.05) is 36.7 Å². The smallest absolute Gasteiger partial charge is 0.0882 e. The molecule has 0 amide bonds. The first kappa shape index (κ1) is 11.4. The van der Waals surface area contributed by atoms with Crippen molar-refractivity contribution in [3.05, 3.63) is 59.1 Å². The first-order valence-corrected chi connectivity index (χ1v) is 6.58. The monoisotopic (exact) mass is 301 g/mol. The molecule has 3 aromatic heterocycles. The van der Waals surface area contributed by atoms with Crippen LogP contribution in [-0.2, 0) is 0 Å². The van der Waals surface area contributed by atoms with Crippen LogP contribution in [0.5, 0.6) is 0 Å². The van der Waals surface area contributed by atoms with Crippen LogP contribution >= 0.6 is 15.9 Å². The maximum atomic E-state index is 4.41. The van der Waals surface area contributed by atoms with Crippen LogP contribution in [0.4, 0.5) is 0 Å². The molecule has 0 fully saturated rings. The van der Waals surface area contributed by atoms with Gasteiger partial charge in [-0.25, -0.2) is 0 Å². The molecule has 3 heterocycles. The van der Waals surface area contributed by atoms with Crippen LogP contribution in [0.1, 0.15) is 18.7 Å². The van der Waals surface area contributed by atoms with Crippen molar-refractivity contribution in [2.24, 2.45) is 0 Å². The van der Waals surface area contributed by atoms with Gasteiger partial charge in [0.1, 0.15) is 0 Å². The summed E-state index contributed by atoms with van der Waals surface area (Å²) in [5.41, 5.74) is 3.17. The molecule has 1 unspecified atom stereocenters. The van der Waals surface area contributed by atoms with Gasteiger partial charge in [-0.2, -0.15) is 0 Å². The van der Waals surface area contributed by atoms with E-state index >= 15 is 0 Å². The highest BCUT2D eigenvalue weighted by molar-refractivity contribution is 9.10. The van der Waals surface area contributed by atoms with Gasteiger partial charge in [0, 0.05) is 23.1 Å². The van der Waals surface area contributed by atoms with E-state index in [0.29, 0.717) is 0 Å². The normalized spacial score (nSPS) is 12.8. The summed E-state index contributed by atoms with van der Waals surface area (Å²) in [5.74, 6) is 0. The van der Waals surface area contributed by atoms with Gasteiger partial charge in [0.25, 0.3) is 0 Å². The zero-order valence-electron chi connectivity index (χ0n) is 9.92. The van der Waals surface area contributed by atoms with E-state index in [-0.39, 0.29) is 6.04 Å². The van der Waals surface area contributed by atoms with Gasteiger partial charge in [0.15, 0.2) is 0 Å². The molecule has 0 aliphatic rings. The summed E-state index contributed by atoms with van der Waals surface area (Å²) in [4.78, 5) is 8.80. The third-order valence-electron chi connectivity index (χ3n) is 3.07. The number of pyridine rings is 2. The molecule has 4 heteroatoms. The minimum Gasteiger partial charge on any atom is -0.337 e. The highest BCUT2D eigenvalue weighted by atomic mass is 79.9. The predicted octanol–water partition coefficient (Wildman–Crippen LogP) is 3.80. The molecule has 18 heavy (non-hydrogen) atoms. The van der Waals surface area contributed by atoms with E-state index in [0.717, 1.165) is 21.2 Å². The summed E-state index contributed by atoms with van der Waals surface area (Å²) in [6.45, 7) is 2.14. The number of hydrogen-bond donors (Lipinski definition) is 0. The maximum absolute atomic E-state index is 4.41. The molecule has 0 saturated carbocycles. The Kier molecular flexibility index (Phi) is 2.88. The molecular weight excluding hydrogens is 290 g/mol. The molecule has 3 nitrogen and oxygen atoms in total. The molecular formula is C14H12BrN3. The van der Waals surface area contributed by atoms with Gasteiger partial charge in [-0.15, -0.1) is 0 Å². The van der Waals surface area contributed by atoms with E-state index in [1.54, 1.807) is 0 Å². The second-order valence-electron chi connectivity index (χ2n) is 4.21. The lowest BCUT2D eigenvalue weighted by molar-refractivity contribution is 0.643. The second-order valence-corrected chi connectivity index (χ2v) is 5.13. The summed E-state index contributed by atoms with van der Waals surface area (Å²) in [7, 11) is 0. The van der Waals surface area contributed by atoms with Gasteiger partial charge in [-0.3, -0.25) is 9.97 Å². The lowest BCUT2D eigenvalue weighted by atomic mass is 10.2. The molecule has 0 aromatic carbocycles. The number of halogens is 1. The predicted molar refractivity (Wildman–Crippen MR) is 75.5 cm³/mol. The number of aromatic nitrogens is 3. The van der Waals surface area contributed by atoms with Crippen LogP contribution in [0.2, 0.25) is 0 Å². The standard InChI is InChI=1S/C14H12BrN3/c1-10(12-4-2-3-6-16-12)18-7-5-13-14(18)8-11(15)9-17-13/h2-10H,1H3. The first-order valence-electron chi connectivity index (χ1n) is 5.79. The summed E-state index contributed by atoms with van der Waals surface area (Å²) < 4.78 is 3.18. The fraction of sp³-hybridized carbons (Fsp3) is 0.143. The number of nitrogens with zero attached hydrogens (tertiary/aromatic N) is 3. The summed E-state index contributed by atoms with van der Waals surface area (Å²) in [6, 6.07) is 10.3. The van der Waals surface area contributed by atoms with Crippen molar-refractivity contribution in [2.45, 2.75) is 13.0 Å². The average Bonchev–Trinajstić information content (AvgIpc) is 2.82. The van der Waals surface area contributed by atoms with Crippen molar-refractivity contribution < 1.29 is 0 Å². The summed E-state index contributed by atoms with van der Waals surface area (Å²) in [6.07, 6.45) is 5.70. The van der Waals surface area contributed by atoms with E-state index in [2.05, 4.69) is 49.7 Å². The molecule has 0 N–H and O–H groups in total. The van der Waals surface area contributed by atoms with Crippen LogP contribution < -0.4 is 0 Å². The second kappa shape index (κ2) is 4.53. The Labute approximate surface area is 114 Å².